The molecule has 0 radical (unpaired) electrons. The minimum atomic E-state index is -3.86. The summed E-state index contributed by atoms with van der Waals surface area (Å²) in [6, 6.07) is 12.9. The summed E-state index contributed by atoms with van der Waals surface area (Å²) in [4.78, 5) is 27.4. The molecule has 2 atom stereocenters. The van der Waals surface area contributed by atoms with E-state index in [1.54, 1.807) is 19.9 Å². The van der Waals surface area contributed by atoms with E-state index in [4.69, 9.17) is 4.74 Å². The summed E-state index contributed by atoms with van der Waals surface area (Å²) in [7, 11) is -3.86. The first-order chi connectivity index (χ1) is 16.6. The number of fused-ring (bicyclic) bond motifs is 1. The molecule has 2 unspecified atom stereocenters. The van der Waals surface area contributed by atoms with Crippen molar-refractivity contribution in [2.45, 2.75) is 64.1 Å². The zero-order valence-corrected chi connectivity index (χ0v) is 21.5. The second-order valence-electron chi connectivity index (χ2n) is 9.61. The van der Waals surface area contributed by atoms with Crippen LogP contribution in [0.5, 0.6) is 5.75 Å². The normalized spacial score (nSPS) is 20.7. The van der Waals surface area contributed by atoms with Gasteiger partial charge >= 0.3 is 0 Å². The molecule has 8 nitrogen and oxygen atoms in total. The van der Waals surface area contributed by atoms with Gasteiger partial charge in [0, 0.05) is 31.7 Å². The number of nitrogens with zero attached hydrogens (tertiary/aromatic N) is 2. The molecule has 2 aromatic carbocycles. The van der Waals surface area contributed by atoms with Crippen molar-refractivity contribution in [2.24, 2.45) is 5.92 Å². The third-order valence-corrected chi connectivity index (χ3v) is 8.67. The molecule has 4 rings (SSSR count). The van der Waals surface area contributed by atoms with Crippen LogP contribution in [0.15, 0.2) is 47.4 Å². The molecule has 0 bridgehead atoms. The molecule has 0 aliphatic carbocycles. The lowest BCUT2D eigenvalue weighted by molar-refractivity contribution is -0.139. The summed E-state index contributed by atoms with van der Waals surface area (Å²) in [5.41, 5.74) is 2.02. The van der Waals surface area contributed by atoms with Gasteiger partial charge in [-0.3, -0.25) is 9.59 Å². The topological polar surface area (TPSA) is 96.0 Å². The second kappa shape index (κ2) is 9.99. The number of benzene rings is 2. The van der Waals surface area contributed by atoms with Crippen molar-refractivity contribution in [1.29, 1.82) is 0 Å². The fourth-order valence-electron chi connectivity index (χ4n) is 4.65. The Morgan fingerprint density at radius 3 is 2.63 bits per heavy atom. The predicted molar refractivity (Wildman–Crippen MR) is 134 cm³/mol. The van der Waals surface area contributed by atoms with Gasteiger partial charge in [-0.05, 0) is 57.7 Å². The van der Waals surface area contributed by atoms with Gasteiger partial charge in [0.1, 0.15) is 5.75 Å². The van der Waals surface area contributed by atoms with Crippen molar-refractivity contribution in [1.82, 2.24) is 9.21 Å². The van der Waals surface area contributed by atoms with Crippen molar-refractivity contribution in [3.05, 3.63) is 53.6 Å². The number of aryl methyl sites for hydroxylation is 1. The zero-order chi connectivity index (χ0) is 25.3. The van der Waals surface area contributed by atoms with Crippen LogP contribution in [-0.4, -0.2) is 54.7 Å². The van der Waals surface area contributed by atoms with Gasteiger partial charge in [0.25, 0.3) is 5.91 Å². The number of sulfonamides is 1. The Balaban J connectivity index is 1.56. The van der Waals surface area contributed by atoms with Crippen LogP contribution < -0.4 is 10.1 Å². The number of carbonyl (C=O) groups is 2. The van der Waals surface area contributed by atoms with E-state index in [0.29, 0.717) is 42.9 Å². The first kappa shape index (κ1) is 25.2. The molecular weight excluding hydrogens is 466 g/mol. The summed E-state index contributed by atoms with van der Waals surface area (Å²) < 4.78 is 34.4. The number of hydrogen-bond acceptors (Lipinski definition) is 5. The highest BCUT2D eigenvalue weighted by Crippen LogP contribution is 2.36. The van der Waals surface area contributed by atoms with Crippen LogP contribution in [-0.2, 0) is 26.2 Å². The SMILES string of the molecule is Cc1cc2c(cc1S(=O)(=O)N1CCCC(C(=O)N(Cc3ccccc3)C(C)C)C1)OC(C)C(=O)N2. The van der Waals surface area contributed by atoms with E-state index >= 15 is 0 Å². The van der Waals surface area contributed by atoms with Crippen molar-refractivity contribution in [3.8, 4) is 5.75 Å². The van der Waals surface area contributed by atoms with Crippen molar-refractivity contribution >= 4 is 27.5 Å². The number of hydrogen-bond donors (Lipinski definition) is 1. The van der Waals surface area contributed by atoms with Crippen LogP contribution in [0.2, 0.25) is 0 Å². The highest BCUT2D eigenvalue weighted by molar-refractivity contribution is 7.89. The number of ether oxygens (including phenoxy) is 1. The minimum Gasteiger partial charge on any atom is -0.479 e. The molecule has 1 N–H and O–H groups in total. The van der Waals surface area contributed by atoms with Crippen LogP contribution in [0.25, 0.3) is 0 Å². The number of anilines is 1. The highest BCUT2D eigenvalue weighted by atomic mass is 32.2. The molecule has 35 heavy (non-hydrogen) atoms. The fraction of sp³-hybridized carbons (Fsp3) is 0.462. The van der Waals surface area contributed by atoms with Crippen LogP contribution in [0, 0.1) is 12.8 Å². The van der Waals surface area contributed by atoms with Gasteiger partial charge in [-0.1, -0.05) is 30.3 Å². The fourth-order valence-corrected chi connectivity index (χ4v) is 6.40. The Hall–Kier alpha value is -2.91. The Labute approximate surface area is 207 Å². The third-order valence-electron chi connectivity index (χ3n) is 6.66. The molecule has 1 saturated heterocycles. The zero-order valence-electron chi connectivity index (χ0n) is 20.7. The molecule has 1 fully saturated rings. The number of nitrogens with one attached hydrogen (secondary N) is 1. The van der Waals surface area contributed by atoms with Crippen LogP contribution in [0.4, 0.5) is 5.69 Å². The molecule has 0 saturated carbocycles. The maximum atomic E-state index is 13.7. The maximum Gasteiger partial charge on any atom is 0.265 e. The first-order valence-corrected chi connectivity index (χ1v) is 13.5. The number of carbonyl (C=O) groups excluding carboxylic acids is 2. The standard InChI is InChI=1S/C26H33N3O5S/c1-17(2)29(15-20-9-6-5-7-10-20)26(31)21-11-8-12-28(16-21)35(32,33)24-14-23-22(13-18(24)3)27-25(30)19(4)34-23/h5-7,9-10,13-14,17,19,21H,8,11-12,15-16H2,1-4H3,(H,27,30). The Kier molecular flexibility index (Phi) is 7.19. The number of piperidine rings is 1. The summed E-state index contributed by atoms with van der Waals surface area (Å²) >= 11 is 0. The minimum absolute atomic E-state index is 0.00747. The number of amides is 2. The van der Waals surface area contributed by atoms with Gasteiger partial charge in [0.15, 0.2) is 6.10 Å². The summed E-state index contributed by atoms with van der Waals surface area (Å²) in [6.07, 6.45) is 0.559. The summed E-state index contributed by atoms with van der Waals surface area (Å²) in [5.74, 6) is -0.362. The molecule has 2 aliphatic rings. The maximum absolute atomic E-state index is 13.7. The average molecular weight is 500 g/mol. The molecule has 9 heteroatoms. The van der Waals surface area contributed by atoms with Crippen LogP contribution >= 0.6 is 0 Å². The molecular formula is C26H33N3O5S. The second-order valence-corrected chi connectivity index (χ2v) is 11.5. The lowest BCUT2D eigenvalue weighted by Gasteiger charge is -2.36. The van der Waals surface area contributed by atoms with E-state index < -0.39 is 22.0 Å². The molecule has 0 spiro atoms. The molecule has 2 heterocycles. The largest absolute Gasteiger partial charge is 0.479 e. The average Bonchev–Trinajstić information content (AvgIpc) is 2.83. The quantitative estimate of drug-likeness (QED) is 0.656. The van der Waals surface area contributed by atoms with Gasteiger partial charge < -0.3 is 15.0 Å². The van der Waals surface area contributed by atoms with E-state index in [1.807, 2.05) is 49.1 Å². The van der Waals surface area contributed by atoms with E-state index in [9.17, 15) is 18.0 Å². The van der Waals surface area contributed by atoms with E-state index in [0.717, 1.165) is 5.56 Å². The Bertz CT molecular complexity index is 1210. The van der Waals surface area contributed by atoms with Crippen LogP contribution in [0.3, 0.4) is 0 Å². The molecule has 2 aliphatic heterocycles. The van der Waals surface area contributed by atoms with Crippen molar-refractivity contribution < 1.29 is 22.7 Å². The van der Waals surface area contributed by atoms with Gasteiger partial charge in [-0.15, -0.1) is 0 Å². The van der Waals surface area contributed by atoms with E-state index in [2.05, 4.69) is 5.32 Å². The van der Waals surface area contributed by atoms with Gasteiger partial charge in [0.05, 0.1) is 16.5 Å². The summed E-state index contributed by atoms with van der Waals surface area (Å²) in [5, 5.41) is 2.75. The van der Waals surface area contributed by atoms with Crippen molar-refractivity contribution in [3.63, 3.8) is 0 Å². The van der Waals surface area contributed by atoms with Crippen LogP contribution in [0.1, 0.15) is 44.7 Å². The first-order valence-electron chi connectivity index (χ1n) is 12.0. The summed E-state index contributed by atoms with van der Waals surface area (Å²) in [6.45, 7) is 8.27. The van der Waals surface area contributed by atoms with Gasteiger partial charge in [0.2, 0.25) is 15.9 Å². The van der Waals surface area contributed by atoms with E-state index in [1.165, 1.54) is 10.4 Å². The van der Waals surface area contributed by atoms with E-state index in [-0.39, 0.29) is 29.3 Å². The molecule has 0 aromatic heterocycles. The highest BCUT2D eigenvalue weighted by Gasteiger charge is 2.37. The monoisotopic (exact) mass is 499 g/mol. The predicted octanol–water partition coefficient (Wildman–Crippen LogP) is 3.55. The van der Waals surface area contributed by atoms with Gasteiger partial charge in [-0.2, -0.15) is 4.31 Å². The lowest BCUT2D eigenvalue weighted by atomic mass is 9.97. The smallest absolute Gasteiger partial charge is 0.265 e. The lowest BCUT2D eigenvalue weighted by Crippen LogP contribution is -2.48. The van der Waals surface area contributed by atoms with Gasteiger partial charge in [-0.25, -0.2) is 8.42 Å². The van der Waals surface area contributed by atoms with Crippen molar-refractivity contribution in [2.75, 3.05) is 18.4 Å². The molecule has 188 valence electrons. The number of rotatable bonds is 6. The molecule has 2 aromatic rings. The Morgan fingerprint density at radius 2 is 1.94 bits per heavy atom. The molecule has 2 amide bonds. The Morgan fingerprint density at radius 1 is 1.23 bits per heavy atom. The third kappa shape index (κ3) is 5.21.